The van der Waals surface area contributed by atoms with Crippen LogP contribution in [-0.4, -0.2) is 18.1 Å². The summed E-state index contributed by atoms with van der Waals surface area (Å²) >= 11 is 0. The highest BCUT2D eigenvalue weighted by Gasteiger charge is 2.21. The summed E-state index contributed by atoms with van der Waals surface area (Å²) in [6, 6.07) is 12.2. The number of azo groups is 1. The number of phenols is 1. The van der Waals surface area contributed by atoms with Gasteiger partial charge in [-0.25, -0.2) is 0 Å². The van der Waals surface area contributed by atoms with Crippen molar-refractivity contribution in [3.8, 4) is 5.75 Å². The summed E-state index contributed by atoms with van der Waals surface area (Å²) < 4.78 is 32.7. The fourth-order valence-electron chi connectivity index (χ4n) is 2.79. The number of aryl methyl sites for hydroxylation is 3. The van der Waals surface area contributed by atoms with Gasteiger partial charge in [0.05, 0.1) is 5.69 Å². The van der Waals surface area contributed by atoms with Gasteiger partial charge in [-0.1, -0.05) is 41.5 Å². The van der Waals surface area contributed by atoms with Crippen LogP contribution in [0.4, 0.5) is 11.4 Å². The maximum Gasteiger partial charge on any atom is 0.298 e. The second-order valence-electron chi connectivity index (χ2n) is 6.26. The van der Waals surface area contributed by atoms with Crippen LogP contribution >= 0.6 is 0 Å². The maximum absolute atomic E-state index is 11.6. The number of rotatable bonds is 3. The standard InChI is InChI=1S/C19H18N2O4S/c1-11-5-7-16(13(3)8-11)20-21-18-15-6-4-12(2)9-14(15)10-17(19(18)22)26(23,24)25/h4-10,22H,1-3H3,(H,23,24,25). The largest absolute Gasteiger partial charge is 0.504 e. The predicted octanol–water partition coefficient (Wildman–Crippen LogP) is 5.13. The molecular formula is C19H18N2O4S. The van der Waals surface area contributed by atoms with Gasteiger partial charge in [0.1, 0.15) is 10.6 Å². The van der Waals surface area contributed by atoms with E-state index in [1.54, 1.807) is 18.2 Å². The van der Waals surface area contributed by atoms with Crippen LogP contribution in [0.3, 0.4) is 0 Å². The molecule has 7 heteroatoms. The molecule has 0 aromatic heterocycles. The van der Waals surface area contributed by atoms with Crippen molar-refractivity contribution in [1.82, 2.24) is 0 Å². The molecule has 2 N–H and O–H groups in total. The minimum absolute atomic E-state index is 0.00454. The molecule has 0 aliphatic heterocycles. The summed E-state index contributed by atoms with van der Waals surface area (Å²) in [7, 11) is -4.61. The Kier molecular flexibility index (Phi) is 4.52. The molecule has 0 heterocycles. The lowest BCUT2D eigenvalue weighted by Gasteiger charge is -2.09. The summed E-state index contributed by atoms with van der Waals surface area (Å²) in [6.45, 7) is 5.71. The third kappa shape index (κ3) is 3.44. The van der Waals surface area contributed by atoms with E-state index in [-0.39, 0.29) is 5.69 Å². The average molecular weight is 370 g/mol. The van der Waals surface area contributed by atoms with Gasteiger partial charge in [0.25, 0.3) is 10.1 Å². The molecule has 3 rings (SSSR count). The van der Waals surface area contributed by atoms with E-state index < -0.39 is 20.8 Å². The quantitative estimate of drug-likeness (QED) is 0.493. The van der Waals surface area contributed by atoms with Crippen molar-refractivity contribution in [2.75, 3.05) is 0 Å². The smallest absolute Gasteiger partial charge is 0.298 e. The van der Waals surface area contributed by atoms with Gasteiger partial charge in [0, 0.05) is 5.39 Å². The number of hydrogen-bond donors (Lipinski definition) is 2. The second kappa shape index (κ2) is 6.51. The summed E-state index contributed by atoms with van der Waals surface area (Å²) in [6.07, 6.45) is 0. The highest BCUT2D eigenvalue weighted by Crippen LogP contribution is 2.41. The summed E-state index contributed by atoms with van der Waals surface area (Å²) in [5.41, 5.74) is 3.49. The third-order valence-corrected chi connectivity index (χ3v) is 4.96. The lowest BCUT2D eigenvalue weighted by Crippen LogP contribution is -1.99. The molecule has 6 nitrogen and oxygen atoms in total. The van der Waals surface area contributed by atoms with E-state index in [1.165, 1.54) is 6.07 Å². The molecule has 0 amide bonds. The van der Waals surface area contributed by atoms with E-state index >= 15 is 0 Å². The first-order valence-electron chi connectivity index (χ1n) is 7.89. The van der Waals surface area contributed by atoms with Crippen molar-refractivity contribution in [2.24, 2.45) is 10.2 Å². The molecule has 0 saturated heterocycles. The van der Waals surface area contributed by atoms with Crippen molar-refractivity contribution >= 4 is 32.3 Å². The van der Waals surface area contributed by atoms with Crippen molar-refractivity contribution in [3.63, 3.8) is 0 Å². The Morgan fingerprint density at radius 1 is 0.885 bits per heavy atom. The van der Waals surface area contributed by atoms with Crippen LogP contribution in [0, 0.1) is 20.8 Å². The van der Waals surface area contributed by atoms with E-state index in [1.807, 2.05) is 39.0 Å². The van der Waals surface area contributed by atoms with Gasteiger partial charge in [-0.05, 0) is 43.9 Å². The monoisotopic (exact) mass is 370 g/mol. The Morgan fingerprint density at radius 2 is 1.54 bits per heavy atom. The minimum Gasteiger partial charge on any atom is -0.504 e. The van der Waals surface area contributed by atoms with Gasteiger partial charge in [0.15, 0.2) is 5.75 Å². The van der Waals surface area contributed by atoms with Crippen LogP contribution in [0.25, 0.3) is 10.8 Å². The molecule has 0 radical (unpaired) electrons. The molecule has 0 saturated carbocycles. The maximum atomic E-state index is 11.6. The Balaban J connectivity index is 2.26. The molecular weight excluding hydrogens is 352 g/mol. The molecule has 3 aromatic rings. The summed E-state index contributed by atoms with van der Waals surface area (Å²) in [5, 5.41) is 19.7. The highest BCUT2D eigenvalue weighted by atomic mass is 32.2. The molecule has 0 atom stereocenters. The number of hydrogen-bond acceptors (Lipinski definition) is 5. The van der Waals surface area contributed by atoms with Gasteiger partial charge in [-0.3, -0.25) is 4.55 Å². The second-order valence-corrected chi connectivity index (χ2v) is 7.65. The van der Waals surface area contributed by atoms with Crippen molar-refractivity contribution in [1.29, 1.82) is 0 Å². The predicted molar refractivity (Wildman–Crippen MR) is 100 cm³/mol. The van der Waals surface area contributed by atoms with Crippen LogP contribution < -0.4 is 0 Å². The van der Waals surface area contributed by atoms with E-state index in [0.29, 0.717) is 16.5 Å². The minimum atomic E-state index is -4.61. The topological polar surface area (TPSA) is 99.3 Å². The lowest BCUT2D eigenvalue weighted by molar-refractivity contribution is 0.445. The van der Waals surface area contributed by atoms with E-state index in [0.717, 1.165) is 16.7 Å². The van der Waals surface area contributed by atoms with E-state index in [9.17, 15) is 18.1 Å². The molecule has 0 aliphatic rings. The first-order valence-corrected chi connectivity index (χ1v) is 9.33. The number of benzene rings is 3. The molecule has 0 spiro atoms. The molecule has 0 aliphatic carbocycles. The summed E-state index contributed by atoms with van der Waals surface area (Å²) in [5.74, 6) is -0.627. The lowest BCUT2D eigenvalue weighted by atomic mass is 10.1. The normalized spacial score (nSPS) is 12.2. The zero-order chi connectivity index (χ0) is 19.1. The van der Waals surface area contributed by atoms with Gasteiger partial charge in [-0.15, -0.1) is 5.11 Å². The van der Waals surface area contributed by atoms with Gasteiger partial charge in [-0.2, -0.15) is 13.5 Å². The van der Waals surface area contributed by atoms with Gasteiger partial charge < -0.3 is 5.11 Å². The van der Waals surface area contributed by atoms with E-state index in [4.69, 9.17) is 0 Å². The van der Waals surface area contributed by atoms with Crippen molar-refractivity contribution < 1.29 is 18.1 Å². The number of phenolic OH excluding ortho intramolecular Hbond substituents is 1. The zero-order valence-corrected chi connectivity index (χ0v) is 15.4. The number of nitrogens with zero attached hydrogens (tertiary/aromatic N) is 2. The summed E-state index contributed by atoms with van der Waals surface area (Å²) in [4.78, 5) is -0.592. The molecule has 26 heavy (non-hydrogen) atoms. The Labute approximate surface area is 151 Å². The zero-order valence-electron chi connectivity index (χ0n) is 14.6. The molecule has 0 fully saturated rings. The number of fused-ring (bicyclic) bond motifs is 1. The van der Waals surface area contributed by atoms with Crippen LogP contribution in [-0.2, 0) is 10.1 Å². The SMILES string of the molecule is Cc1ccc(N=Nc2c(O)c(S(=O)(=O)O)cc3cc(C)ccc23)c(C)c1. The fraction of sp³-hybridized carbons (Fsp3) is 0.158. The Bertz CT molecular complexity index is 1150. The van der Waals surface area contributed by atoms with E-state index in [2.05, 4.69) is 10.2 Å². The average Bonchev–Trinajstić information content (AvgIpc) is 2.54. The molecule has 134 valence electrons. The Morgan fingerprint density at radius 3 is 2.19 bits per heavy atom. The van der Waals surface area contributed by atoms with Crippen molar-refractivity contribution in [2.45, 2.75) is 25.7 Å². The molecule has 0 unspecified atom stereocenters. The van der Waals surface area contributed by atoms with Crippen LogP contribution in [0.15, 0.2) is 57.6 Å². The fourth-order valence-corrected chi connectivity index (χ4v) is 3.41. The van der Waals surface area contributed by atoms with Crippen LogP contribution in [0.1, 0.15) is 16.7 Å². The first-order chi connectivity index (χ1) is 12.2. The van der Waals surface area contributed by atoms with Crippen LogP contribution in [0.5, 0.6) is 5.75 Å². The molecule has 3 aromatic carbocycles. The van der Waals surface area contributed by atoms with Gasteiger partial charge in [0.2, 0.25) is 0 Å². The highest BCUT2D eigenvalue weighted by molar-refractivity contribution is 7.86. The number of aromatic hydroxyl groups is 1. The Hall–Kier alpha value is -2.77. The third-order valence-electron chi connectivity index (χ3n) is 4.09. The molecule has 0 bridgehead atoms. The van der Waals surface area contributed by atoms with Crippen molar-refractivity contribution in [3.05, 3.63) is 59.2 Å². The van der Waals surface area contributed by atoms with Gasteiger partial charge >= 0.3 is 0 Å². The van der Waals surface area contributed by atoms with Crippen LogP contribution in [0.2, 0.25) is 0 Å². The first kappa shape index (κ1) is 18.0.